The highest BCUT2D eigenvalue weighted by Crippen LogP contribution is 2.32. The van der Waals surface area contributed by atoms with Crippen LogP contribution < -0.4 is 10.6 Å². The second-order valence-electron chi connectivity index (χ2n) is 7.35. The van der Waals surface area contributed by atoms with E-state index in [2.05, 4.69) is 15.3 Å². The molecule has 0 bridgehead atoms. The number of nitrogens with one attached hydrogen (secondary N) is 2. The lowest BCUT2D eigenvalue weighted by Crippen LogP contribution is -2.52. The predicted molar refractivity (Wildman–Crippen MR) is 101 cm³/mol. The normalized spacial score (nSPS) is 19.4. The molecule has 1 aromatic carbocycles. The third-order valence-electron chi connectivity index (χ3n) is 5.27. The SMILES string of the molecule is O=C1CCC(N2Cc3cc(C(=O)N[C@H](c4cnccn4)C(F)(F)F)ccc3C2=O)C(=O)N1. The van der Waals surface area contributed by atoms with Crippen molar-refractivity contribution in [1.82, 2.24) is 25.5 Å². The lowest BCUT2D eigenvalue weighted by atomic mass is 10.0. The molecule has 1 unspecified atom stereocenters. The fourth-order valence-corrected chi connectivity index (χ4v) is 3.71. The van der Waals surface area contributed by atoms with Crippen molar-refractivity contribution in [3.63, 3.8) is 0 Å². The Morgan fingerprint density at radius 2 is 2.00 bits per heavy atom. The van der Waals surface area contributed by atoms with Crippen LogP contribution in [0.25, 0.3) is 0 Å². The van der Waals surface area contributed by atoms with Gasteiger partial charge in [-0.1, -0.05) is 0 Å². The van der Waals surface area contributed by atoms with Gasteiger partial charge in [-0.25, -0.2) is 0 Å². The van der Waals surface area contributed by atoms with Crippen molar-refractivity contribution in [2.24, 2.45) is 0 Å². The number of hydrogen-bond donors (Lipinski definition) is 2. The van der Waals surface area contributed by atoms with Gasteiger partial charge in [0.05, 0.1) is 11.9 Å². The van der Waals surface area contributed by atoms with E-state index in [0.717, 1.165) is 12.4 Å². The number of aromatic nitrogens is 2. The minimum Gasteiger partial charge on any atom is -0.335 e. The molecule has 1 saturated heterocycles. The van der Waals surface area contributed by atoms with Crippen LogP contribution in [0.2, 0.25) is 0 Å². The molecule has 0 saturated carbocycles. The van der Waals surface area contributed by atoms with E-state index in [1.807, 2.05) is 5.32 Å². The minimum atomic E-state index is -4.80. The second-order valence-corrected chi connectivity index (χ2v) is 7.35. The molecular formula is C20H16F3N5O4. The van der Waals surface area contributed by atoms with Crippen LogP contribution in [0.3, 0.4) is 0 Å². The Bertz CT molecular complexity index is 1110. The topological polar surface area (TPSA) is 121 Å². The maximum absolute atomic E-state index is 13.5. The highest BCUT2D eigenvalue weighted by atomic mass is 19.4. The Balaban J connectivity index is 1.54. The van der Waals surface area contributed by atoms with Gasteiger partial charge in [0, 0.05) is 36.5 Å². The van der Waals surface area contributed by atoms with Gasteiger partial charge in [-0.3, -0.25) is 34.5 Å². The number of piperidine rings is 1. The highest BCUT2D eigenvalue weighted by molar-refractivity contribution is 6.06. The number of fused-ring (bicyclic) bond motifs is 1. The summed E-state index contributed by atoms with van der Waals surface area (Å²) < 4.78 is 40.4. The first kappa shape index (κ1) is 21.4. The summed E-state index contributed by atoms with van der Waals surface area (Å²) in [5.41, 5.74) is 0.0940. The van der Waals surface area contributed by atoms with Crippen molar-refractivity contribution in [1.29, 1.82) is 0 Å². The number of carbonyl (C=O) groups excluding carboxylic acids is 4. The third kappa shape index (κ3) is 4.03. The molecule has 0 aliphatic carbocycles. The summed E-state index contributed by atoms with van der Waals surface area (Å²) in [7, 11) is 0. The first-order valence-corrected chi connectivity index (χ1v) is 9.56. The number of alkyl halides is 3. The van der Waals surface area contributed by atoms with E-state index >= 15 is 0 Å². The number of halogens is 3. The average molecular weight is 447 g/mol. The molecule has 166 valence electrons. The molecule has 9 nitrogen and oxygen atoms in total. The molecule has 3 heterocycles. The molecule has 4 rings (SSSR count). The number of amides is 4. The van der Waals surface area contributed by atoms with Crippen molar-refractivity contribution in [2.75, 3.05) is 0 Å². The van der Waals surface area contributed by atoms with Gasteiger partial charge in [0.15, 0.2) is 6.04 Å². The number of benzene rings is 1. The lowest BCUT2D eigenvalue weighted by molar-refractivity contribution is -0.156. The standard InChI is InChI=1S/C20H16F3N5O4/c21-20(22,23)16(13-8-24-5-6-25-13)27-17(30)10-1-2-12-11(7-10)9-28(19(12)32)14-3-4-15(29)26-18(14)31/h1-2,5-8,14,16H,3-4,9H2,(H,27,30)(H,26,29,31)/t14?,16-/m1/s1. The fraction of sp³-hybridized carbons (Fsp3) is 0.300. The summed E-state index contributed by atoms with van der Waals surface area (Å²) in [6.07, 6.45) is -1.33. The number of carbonyl (C=O) groups is 4. The Kier molecular flexibility index (Phi) is 5.36. The summed E-state index contributed by atoms with van der Waals surface area (Å²) in [5, 5.41) is 4.09. The zero-order chi connectivity index (χ0) is 23.0. The van der Waals surface area contributed by atoms with Crippen LogP contribution in [0.5, 0.6) is 0 Å². The molecule has 4 amide bonds. The average Bonchev–Trinajstić information content (AvgIpc) is 3.07. The lowest BCUT2D eigenvalue weighted by Gasteiger charge is -2.29. The molecule has 2 N–H and O–H groups in total. The molecule has 32 heavy (non-hydrogen) atoms. The van der Waals surface area contributed by atoms with Crippen LogP contribution in [-0.4, -0.2) is 50.7 Å². The number of imide groups is 1. The van der Waals surface area contributed by atoms with Gasteiger partial charge < -0.3 is 10.2 Å². The predicted octanol–water partition coefficient (Wildman–Crippen LogP) is 1.27. The number of hydrogen-bond acceptors (Lipinski definition) is 6. The molecule has 2 aromatic rings. The molecule has 2 aliphatic rings. The van der Waals surface area contributed by atoms with Crippen molar-refractivity contribution in [2.45, 2.75) is 37.6 Å². The summed E-state index contributed by atoms with van der Waals surface area (Å²) >= 11 is 0. The van der Waals surface area contributed by atoms with Crippen molar-refractivity contribution < 1.29 is 32.3 Å². The van der Waals surface area contributed by atoms with Gasteiger partial charge in [-0.15, -0.1) is 0 Å². The summed E-state index contributed by atoms with van der Waals surface area (Å²) in [4.78, 5) is 57.2. The Hall–Kier alpha value is -3.83. The number of rotatable bonds is 4. The molecule has 1 fully saturated rings. The van der Waals surface area contributed by atoms with E-state index in [0.29, 0.717) is 5.56 Å². The van der Waals surface area contributed by atoms with E-state index < -0.39 is 47.6 Å². The fourth-order valence-electron chi connectivity index (χ4n) is 3.71. The molecule has 0 spiro atoms. The maximum Gasteiger partial charge on any atom is 0.414 e. The quantitative estimate of drug-likeness (QED) is 0.681. The van der Waals surface area contributed by atoms with Gasteiger partial charge in [0.25, 0.3) is 11.8 Å². The smallest absolute Gasteiger partial charge is 0.335 e. The van der Waals surface area contributed by atoms with Gasteiger partial charge in [0.1, 0.15) is 6.04 Å². The van der Waals surface area contributed by atoms with Gasteiger partial charge in [-0.05, 0) is 30.2 Å². The van der Waals surface area contributed by atoms with Crippen LogP contribution >= 0.6 is 0 Å². The first-order valence-electron chi connectivity index (χ1n) is 9.56. The second kappa shape index (κ2) is 8.02. The van der Waals surface area contributed by atoms with Crippen molar-refractivity contribution >= 4 is 23.6 Å². The van der Waals surface area contributed by atoms with E-state index in [4.69, 9.17) is 0 Å². The minimum absolute atomic E-state index is 0.00553. The first-order chi connectivity index (χ1) is 15.1. The number of nitrogens with zero attached hydrogens (tertiary/aromatic N) is 3. The van der Waals surface area contributed by atoms with Crippen LogP contribution in [0, 0.1) is 0 Å². The van der Waals surface area contributed by atoms with E-state index in [9.17, 15) is 32.3 Å². The zero-order valence-corrected chi connectivity index (χ0v) is 16.3. The van der Waals surface area contributed by atoms with E-state index in [1.54, 1.807) is 0 Å². The van der Waals surface area contributed by atoms with Crippen molar-refractivity contribution in [3.05, 3.63) is 59.2 Å². The molecule has 2 atom stereocenters. The van der Waals surface area contributed by atoms with Crippen molar-refractivity contribution in [3.8, 4) is 0 Å². The molecule has 2 aliphatic heterocycles. The Morgan fingerprint density at radius 3 is 2.66 bits per heavy atom. The third-order valence-corrected chi connectivity index (χ3v) is 5.27. The maximum atomic E-state index is 13.5. The Morgan fingerprint density at radius 1 is 1.22 bits per heavy atom. The van der Waals surface area contributed by atoms with Crippen LogP contribution in [0.4, 0.5) is 13.2 Å². The molecular weight excluding hydrogens is 431 g/mol. The Labute approximate surface area is 179 Å². The van der Waals surface area contributed by atoms with E-state index in [1.165, 1.54) is 29.3 Å². The van der Waals surface area contributed by atoms with Crippen LogP contribution in [0.1, 0.15) is 50.9 Å². The summed E-state index contributed by atoms with van der Waals surface area (Å²) in [6.45, 7) is -0.00553. The van der Waals surface area contributed by atoms with Gasteiger partial charge in [0.2, 0.25) is 11.8 Å². The summed E-state index contributed by atoms with van der Waals surface area (Å²) in [6, 6.07) is 0.696. The van der Waals surface area contributed by atoms with Gasteiger partial charge in [-0.2, -0.15) is 13.2 Å². The zero-order valence-electron chi connectivity index (χ0n) is 16.3. The molecule has 12 heteroatoms. The van der Waals surface area contributed by atoms with Crippen LogP contribution in [0.15, 0.2) is 36.8 Å². The molecule has 0 radical (unpaired) electrons. The largest absolute Gasteiger partial charge is 0.414 e. The highest BCUT2D eigenvalue weighted by Gasteiger charge is 2.44. The summed E-state index contributed by atoms with van der Waals surface area (Å²) in [5.74, 6) is -2.46. The van der Waals surface area contributed by atoms with Gasteiger partial charge >= 0.3 is 6.18 Å². The van der Waals surface area contributed by atoms with E-state index in [-0.39, 0.29) is 30.5 Å². The van der Waals surface area contributed by atoms with Crippen LogP contribution in [-0.2, 0) is 16.1 Å². The molecule has 1 aromatic heterocycles. The monoisotopic (exact) mass is 447 g/mol.